The van der Waals surface area contributed by atoms with Crippen molar-refractivity contribution in [2.45, 2.75) is 30.6 Å². The lowest BCUT2D eigenvalue weighted by Gasteiger charge is -2.25. The normalized spacial score (nSPS) is 40.6. The maximum absolute atomic E-state index is 12.3. The lowest BCUT2D eigenvalue weighted by Crippen LogP contribution is -2.53. The summed E-state index contributed by atoms with van der Waals surface area (Å²) in [6, 6.07) is 0. The highest BCUT2D eigenvalue weighted by Gasteiger charge is 2.52. The van der Waals surface area contributed by atoms with Crippen molar-refractivity contribution in [2.24, 2.45) is 5.73 Å². The molecule has 1 aliphatic heterocycles. The second-order valence-corrected chi connectivity index (χ2v) is 5.61. The molecule has 0 radical (unpaired) electrons. The fraction of sp³-hybridized carbons (Fsp3) is 1.00. The largest absolute Gasteiger partial charge is 0.319 e. The molecule has 2 unspecified atom stereocenters. The van der Waals surface area contributed by atoms with Crippen LogP contribution in [0.2, 0.25) is 0 Å². The Labute approximate surface area is 69.9 Å². The van der Waals surface area contributed by atoms with E-state index in [2.05, 4.69) is 0 Å². The molecule has 72 valence electrons. The summed E-state index contributed by atoms with van der Waals surface area (Å²) < 4.78 is 46.8. The van der Waals surface area contributed by atoms with Gasteiger partial charge in [-0.25, -0.2) is 17.2 Å². The van der Waals surface area contributed by atoms with Gasteiger partial charge in [0.25, 0.3) is 6.43 Å². The zero-order chi connectivity index (χ0) is 9.57. The van der Waals surface area contributed by atoms with Crippen molar-refractivity contribution in [3.8, 4) is 0 Å². The summed E-state index contributed by atoms with van der Waals surface area (Å²) in [5, 5.41) is -1.13. The van der Waals surface area contributed by atoms with Gasteiger partial charge in [0, 0.05) is 0 Å². The molecule has 0 spiro atoms. The maximum Gasteiger partial charge on any atom is 0.257 e. The first-order chi connectivity index (χ1) is 5.31. The number of rotatable bonds is 1. The molecule has 0 aromatic rings. The predicted molar refractivity (Wildman–Crippen MR) is 40.8 cm³/mol. The molecule has 2 atom stereocenters. The first-order valence-corrected chi connectivity index (χ1v) is 5.31. The van der Waals surface area contributed by atoms with Gasteiger partial charge >= 0.3 is 0 Å². The van der Waals surface area contributed by atoms with Gasteiger partial charge in [-0.1, -0.05) is 0 Å². The van der Waals surface area contributed by atoms with E-state index < -0.39 is 27.1 Å². The monoisotopic (exact) mass is 199 g/mol. The van der Waals surface area contributed by atoms with Crippen molar-refractivity contribution < 1.29 is 17.2 Å². The van der Waals surface area contributed by atoms with Crippen LogP contribution in [-0.2, 0) is 9.84 Å². The highest BCUT2D eigenvalue weighted by atomic mass is 32.2. The van der Waals surface area contributed by atoms with Crippen molar-refractivity contribution in [3.63, 3.8) is 0 Å². The van der Waals surface area contributed by atoms with E-state index in [1.807, 2.05) is 0 Å². The molecule has 1 rings (SSSR count). The smallest absolute Gasteiger partial charge is 0.257 e. The van der Waals surface area contributed by atoms with Gasteiger partial charge in [0.15, 0.2) is 9.84 Å². The Balaban J connectivity index is 3.01. The fourth-order valence-electron chi connectivity index (χ4n) is 1.32. The SMILES string of the molecule is CC1C(N)(C(F)F)CCS1(=O)=O. The van der Waals surface area contributed by atoms with E-state index in [0.717, 1.165) is 0 Å². The Morgan fingerprint density at radius 3 is 2.25 bits per heavy atom. The molecular weight excluding hydrogens is 188 g/mol. The summed E-state index contributed by atoms with van der Waals surface area (Å²) >= 11 is 0. The van der Waals surface area contributed by atoms with E-state index in [1.54, 1.807) is 0 Å². The Kier molecular flexibility index (Phi) is 2.16. The highest BCUT2D eigenvalue weighted by Crippen LogP contribution is 2.33. The minimum Gasteiger partial charge on any atom is -0.319 e. The van der Waals surface area contributed by atoms with Crippen LogP contribution in [0.1, 0.15) is 13.3 Å². The van der Waals surface area contributed by atoms with Crippen LogP contribution >= 0.6 is 0 Å². The molecule has 0 amide bonds. The summed E-state index contributed by atoms with van der Waals surface area (Å²) in [4.78, 5) is 0. The third-order valence-corrected chi connectivity index (χ3v) is 4.81. The molecule has 0 aliphatic carbocycles. The van der Waals surface area contributed by atoms with Crippen molar-refractivity contribution in [1.29, 1.82) is 0 Å². The van der Waals surface area contributed by atoms with Crippen LogP contribution in [0.5, 0.6) is 0 Å². The zero-order valence-electron chi connectivity index (χ0n) is 6.63. The molecule has 2 N–H and O–H groups in total. The van der Waals surface area contributed by atoms with E-state index in [-0.39, 0.29) is 12.2 Å². The maximum atomic E-state index is 12.3. The van der Waals surface area contributed by atoms with Gasteiger partial charge in [-0.3, -0.25) is 0 Å². The first kappa shape index (κ1) is 9.85. The van der Waals surface area contributed by atoms with Gasteiger partial charge in [-0.15, -0.1) is 0 Å². The van der Waals surface area contributed by atoms with E-state index in [1.165, 1.54) is 6.92 Å². The number of alkyl halides is 2. The zero-order valence-corrected chi connectivity index (χ0v) is 7.44. The standard InChI is InChI=1S/C6H11F2NO2S/c1-4-6(9,5(7)8)2-3-12(4,10)11/h4-5H,2-3,9H2,1H3. The van der Waals surface area contributed by atoms with Crippen LogP contribution in [0.15, 0.2) is 0 Å². The van der Waals surface area contributed by atoms with Crippen LogP contribution in [0, 0.1) is 0 Å². The Hall–Kier alpha value is -0.230. The fourth-order valence-corrected chi connectivity index (χ4v) is 3.20. The minimum absolute atomic E-state index is 0.145. The van der Waals surface area contributed by atoms with Crippen LogP contribution in [0.4, 0.5) is 8.78 Å². The number of sulfone groups is 1. The van der Waals surface area contributed by atoms with Crippen LogP contribution < -0.4 is 5.73 Å². The van der Waals surface area contributed by atoms with Gasteiger partial charge in [0.1, 0.15) is 0 Å². The molecule has 0 aromatic carbocycles. The predicted octanol–water partition coefficient (Wildman–Crippen LogP) is 0.156. The third kappa shape index (κ3) is 1.22. The molecule has 1 fully saturated rings. The molecule has 0 aromatic heterocycles. The van der Waals surface area contributed by atoms with Crippen molar-refractivity contribution >= 4 is 9.84 Å². The second kappa shape index (κ2) is 2.63. The third-order valence-electron chi connectivity index (χ3n) is 2.52. The van der Waals surface area contributed by atoms with Crippen molar-refractivity contribution in [1.82, 2.24) is 0 Å². The molecule has 0 bridgehead atoms. The summed E-state index contributed by atoms with van der Waals surface area (Å²) in [5.74, 6) is -0.227. The van der Waals surface area contributed by atoms with E-state index >= 15 is 0 Å². The van der Waals surface area contributed by atoms with Gasteiger partial charge in [-0.05, 0) is 13.3 Å². The quantitative estimate of drug-likeness (QED) is 0.654. The molecule has 1 saturated heterocycles. The van der Waals surface area contributed by atoms with Gasteiger partial charge < -0.3 is 5.73 Å². The second-order valence-electron chi connectivity index (χ2n) is 3.17. The van der Waals surface area contributed by atoms with E-state index in [9.17, 15) is 17.2 Å². The average Bonchev–Trinajstić information content (AvgIpc) is 2.15. The van der Waals surface area contributed by atoms with Crippen LogP contribution in [-0.4, -0.2) is 31.4 Å². The lowest BCUT2D eigenvalue weighted by molar-refractivity contribution is 0.0560. The number of hydrogen-bond acceptors (Lipinski definition) is 3. The number of hydrogen-bond donors (Lipinski definition) is 1. The number of nitrogens with two attached hydrogens (primary N) is 1. The van der Waals surface area contributed by atoms with Crippen molar-refractivity contribution in [2.75, 3.05) is 5.75 Å². The van der Waals surface area contributed by atoms with Gasteiger partial charge in [-0.2, -0.15) is 0 Å². The van der Waals surface area contributed by atoms with Gasteiger partial charge in [0.05, 0.1) is 16.5 Å². The minimum atomic E-state index is -3.38. The van der Waals surface area contributed by atoms with Crippen molar-refractivity contribution in [3.05, 3.63) is 0 Å². The average molecular weight is 199 g/mol. The Morgan fingerprint density at radius 1 is 1.58 bits per heavy atom. The molecular formula is C6H11F2NO2S. The van der Waals surface area contributed by atoms with E-state index in [4.69, 9.17) is 5.73 Å². The van der Waals surface area contributed by atoms with Crippen LogP contribution in [0.3, 0.4) is 0 Å². The number of halogens is 2. The summed E-state index contributed by atoms with van der Waals surface area (Å²) in [5.41, 5.74) is 3.46. The van der Waals surface area contributed by atoms with Crippen LogP contribution in [0.25, 0.3) is 0 Å². The molecule has 3 nitrogen and oxygen atoms in total. The Bertz CT molecular complexity index is 277. The lowest BCUT2D eigenvalue weighted by atomic mass is 9.95. The Morgan fingerprint density at radius 2 is 2.08 bits per heavy atom. The molecule has 1 aliphatic rings. The molecule has 6 heteroatoms. The summed E-state index contributed by atoms with van der Waals surface area (Å²) in [6.45, 7) is 1.24. The highest BCUT2D eigenvalue weighted by molar-refractivity contribution is 7.92. The topological polar surface area (TPSA) is 60.2 Å². The molecule has 12 heavy (non-hydrogen) atoms. The summed E-state index contributed by atoms with van der Waals surface area (Å²) in [6.07, 6.45) is -2.92. The molecule has 0 saturated carbocycles. The first-order valence-electron chi connectivity index (χ1n) is 3.59. The van der Waals surface area contributed by atoms with Gasteiger partial charge in [0.2, 0.25) is 0 Å². The molecule has 1 heterocycles. The van der Waals surface area contributed by atoms with E-state index in [0.29, 0.717) is 0 Å². The summed E-state index contributed by atoms with van der Waals surface area (Å²) in [7, 11) is -3.38.